The summed E-state index contributed by atoms with van der Waals surface area (Å²) in [4.78, 5) is 15.8. The molecule has 0 fully saturated rings. The van der Waals surface area contributed by atoms with Crippen LogP contribution in [0, 0.1) is 5.92 Å². The zero-order chi connectivity index (χ0) is 12.0. The van der Waals surface area contributed by atoms with Gasteiger partial charge in [0.25, 0.3) is 0 Å². The van der Waals surface area contributed by atoms with Crippen molar-refractivity contribution >= 4 is 66.3 Å². The van der Waals surface area contributed by atoms with E-state index in [1.165, 1.54) is 0 Å². The Kier molecular flexibility index (Phi) is 17.0. The van der Waals surface area contributed by atoms with Crippen molar-refractivity contribution in [3.8, 4) is 0 Å². The predicted octanol–water partition coefficient (Wildman–Crippen LogP) is -2.93. The van der Waals surface area contributed by atoms with Gasteiger partial charge in [-0.2, -0.15) is 0 Å². The first-order valence-electron chi connectivity index (χ1n) is 4.86. The molecule has 1 aromatic rings. The van der Waals surface area contributed by atoms with Crippen LogP contribution in [0.4, 0.5) is 10.5 Å². The van der Waals surface area contributed by atoms with Gasteiger partial charge in [-0.05, 0) is 12.1 Å². The Labute approximate surface area is 160 Å². The van der Waals surface area contributed by atoms with Crippen molar-refractivity contribution in [3.63, 3.8) is 0 Å². The number of carbonyl (C=O) groups is 1. The fraction of sp³-hybridized carbons (Fsp3) is 0.273. The summed E-state index contributed by atoms with van der Waals surface area (Å²) >= 11 is 5.71. The van der Waals surface area contributed by atoms with Crippen LogP contribution in [0.15, 0.2) is 35.5 Å². The van der Waals surface area contributed by atoms with Gasteiger partial charge in [-0.1, -0.05) is 48.8 Å². The first kappa shape index (κ1) is 24.3. The molecule has 0 radical (unpaired) electrons. The number of hydrogen-bond acceptors (Lipinski definition) is 3. The molecule has 1 amide bonds. The minimum absolute atomic E-state index is 0. The summed E-state index contributed by atoms with van der Waals surface area (Å²) in [6.45, 7) is 3.70. The number of para-hydroxylation sites is 1. The maximum atomic E-state index is 11.2. The Hall–Kier alpha value is 0.290. The van der Waals surface area contributed by atoms with Gasteiger partial charge in [0.15, 0.2) is 0 Å². The summed E-state index contributed by atoms with van der Waals surface area (Å²) in [6, 6.07) is 8.95. The molecule has 0 aliphatic heterocycles. The third-order valence-corrected chi connectivity index (χ3v) is 2.22. The molecule has 1 aromatic carbocycles. The molecule has 0 heterocycles. The van der Waals surface area contributed by atoms with Crippen molar-refractivity contribution in [2.24, 2.45) is 11.1 Å². The summed E-state index contributed by atoms with van der Waals surface area (Å²) in [7, 11) is 0. The van der Waals surface area contributed by atoms with E-state index in [1.807, 2.05) is 19.9 Å². The molecule has 0 atom stereocenters. The number of oxime groups is 1. The van der Waals surface area contributed by atoms with E-state index >= 15 is 0 Å². The number of anilines is 1. The van der Waals surface area contributed by atoms with Gasteiger partial charge in [0.05, 0.1) is 0 Å². The Morgan fingerprint density at radius 3 is 2.26 bits per heavy atom. The van der Waals surface area contributed by atoms with Crippen molar-refractivity contribution in [1.82, 2.24) is 0 Å². The molecule has 0 saturated heterocycles. The second-order valence-electron chi connectivity index (χ2n) is 3.44. The van der Waals surface area contributed by atoms with Crippen LogP contribution in [-0.2, 0) is 4.84 Å². The number of nitrogens with one attached hydrogen (secondary N) is 1. The van der Waals surface area contributed by atoms with E-state index in [1.54, 1.807) is 24.3 Å². The minimum atomic E-state index is -0.662. The fourth-order valence-corrected chi connectivity index (χ4v) is 0.887. The number of benzene rings is 1. The van der Waals surface area contributed by atoms with Gasteiger partial charge in [-0.25, -0.2) is 4.79 Å². The Bertz CT molecular complexity index is 389. The monoisotopic (exact) mass is 350 g/mol. The van der Waals surface area contributed by atoms with E-state index < -0.39 is 6.09 Å². The van der Waals surface area contributed by atoms with Crippen LogP contribution in [0.3, 0.4) is 0 Å². The van der Waals surface area contributed by atoms with Crippen molar-refractivity contribution < 1.29 is 34.4 Å². The molecule has 1 rings (SSSR count). The summed E-state index contributed by atoms with van der Waals surface area (Å²) in [5.41, 5.74) is 0.642. The van der Waals surface area contributed by atoms with E-state index in [-0.39, 0.29) is 73.6 Å². The molecule has 0 spiro atoms. The molecular formula is C11H13CaCl3N2O2. The molecule has 1 N–H and O–H groups in total. The van der Waals surface area contributed by atoms with Crippen LogP contribution in [0.2, 0.25) is 0 Å². The summed E-state index contributed by atoms with van der Waals surface area (Å²) < 4.78 is 0. The SMILES string of the molecule is CC(C)C(Cl)=NOC(=O)Nc1ccccc1.[Ca+2].[Cl-].[Cl-]. The summed E-state index contributed by atoms with van der Waals surface area (Å²) in [5, 5.41) is 6.25. The van der Waals surface area contributed by atoms with E-state index in [4.69, 9.17) is 11.6 Å². The average molecular weight is 352 g/mol. The topological polar surface area (TPSA) is 50.7 Å². The Morgan fingerprint density at radius 2 is 1.79 bits per heavy atom. The molecule has 102 valence electrons. The van der Waals surface area contributed by atoms with E-state index in [9.17, 15) is 4.79 Å². The molecular weight excluding hydrogens is 339 g/mol. The molecule has 8 heteroatoms. The number of carbonyl (C=O) groups excluding carboxylic acids is 1. The number of amides is 1. The summed E-state index contributed by atoms with van der Waals surface area (Å²) in [6.07, 6.45) is -0.662. The standard InChI is InChI=1S/C11H13ClN2O2.Ca.2ClH/c1-8(2)10(12)14-16-11(15)13-9-6-4-3-5-7-9;;;/h3-8H,1-2H3,(H,13,15);;2*1H/q;+2;;/p-2. The quantitative estimate of drug-likeness (QED) is 0.274. The van der Waals surface area contributed by atoms with Crippen LogP contribution in [-0.4, -0.2) is 49.0 Å². The molecule has 0 aliphatic rings. The van der Waals surface area contributed by atoms with E-state index in [2.05, 4.69) is 15.3 Å². The van der Waals surface area contributed by atoms with Crippen LogP contribution < -0.4 is 30.1 Å². The number of nitrogens with zero attached hydrogens (tertiary/aromatic N) is 1. The second kappa shape index (κ2) is 13.3. The van der Waals surface area contributed by atoms with Crippen molar-refractivity contribution in [2.75, 3.05) is 5.32 Å². The first-order chi connectivity index (χ1) is 7.59. The molecule has 0 unspecified atom stereocenters. The molecule has 0 bridgehead atoms. The van der Waals surface area contributed by atoms with E-state index in [0.29, 0.717) is 5.69 Å². The van der Waals surface area contributed by atoms with Gasteiger partial charge in [0.1, 0.15) is 5.17 Å². The average Bonchev–Trinajstić information content (AvgIpc) is 2.27. The minimum Gasteiger partial charge on any atom is -1.00 e. The number of rotatable bonds is 3. The Balaban J connectivity index is -0.000000853. The maximum Gasteiger partial charge on any atom is 2.00 e. The fourth-order valence-electron chi connectivity index (χ4n) is 0.853. The third-order valence-electron chi connectivity index (χ3n) is 1.71. The zero-order valence-corrected chi connectivity index (χ0v) is 15.0. The van der Waals surface area contributed by atoms with Crippen molar-refractivity contribution in [3.05, 3.63) is 30.3 Å². The van der Waals surface area contributed by atoms with Gasteiger partial charge in [0, 0.05) is 11.6 Å². The van der Waals surface area contributed by atoms with Gasteiger partial charge < -0.3 is 24.8 Å². The van der Waals surface area contributed by atoms with Crippen LogP contribution in [0.5, 0.6) is 0 Å². The maximum absolute atomic E-state index is 11.2. The third kappa shape index (κ3) is 10.7. The number of halogens is 3. The van der Waals surface area contributed by atoms with Gasteiger partial charge in [0.2, 0.25) is 0 Å². The molecule has 19 heavy (non-hydrogen) atoms. The number of hydrogen-bond donors (Lipinski definition) is 1. The normalized spacial score (nSPS) is 9.58. The largest absolute Gasteiger partial charge is 2.00 e. The molecule has 0 aromatic heterocycles. The van der Waals surface area contributed by atoms with Crippen LogP contribution in [0.1, 0.15) is 13.8 Å². The molecule has 4 nitrogen and oxygen atoms in total. The predicted molar refractivity (Wildman–Crippen MR) is 70.4 cm³/mol. The molecule has 0 saturated carbocycles. The van der Waals surface area contributed by atoms with Gasteiger partial charge >= 0.3 is 43.8 Å². The second-order valence-corrected chi connectivity index (χ2v) is 3.83. The van der Waals surface area contributed by atoms with Crippen LogP contribution in [0.25, 0.3) is 0 Å². The first-order valence-corrected chi connectivity index (χ1v) is 5.24. The van der Waals surface area contributed by atoms with Gasteiger partial charge in [-0.15, -0.1) is 0 Å². The van der Waals surface area contributed by atoms with Gasteiger partial charge in [-0.3, -0.25) is 10.2 Å². The Morgan fingerprint density at radius 1 is 1.26 bits per heavy atom. The van der Waals surface area contributed by atoms with Crippen molar-refractivity contribution in [1.29, 1.82) is 0 Å². The van der Waals surface area contributed by atoms with Crippen molar-refractivity contribution in [2.45, 2.75) is 13.8 Å². The zero-order valence-electron chi connectivity index (χ0n) is 10.6. The summed E-state index contributed by atoms with van der Waals surface area (Å²) in [5.74, 6) is 0.0335. The van der Waals surface area contributed by atoms with E-state index in [0.717, 1.165) is 0 Å². The van der Waals surface area contributed by atoms with Crippen LogP contribution >= 0.6 is 11.6 Å². The smallest absolute Gasteiger partial charge is 1.00 e. The molecule has 0 aliphatic carbocycles.